The van der Waals surface area contributed by atoms with Crippen molar-refractivity contribution >= 4 is 45.1 Å². The fraction of sp³-hybridized carbons (Fsp3) is 0.385. The highest BCUT2D eigenvalue weighted by atomic mass is 79.9. The molecule has 0 spiro atoms. The number of aromatic amines is 1. The summed E-state index contributed by atoms with van der Waals surface area (Å²) in [5.74, 6) is -0.0487. The number of rotatable bonds is 2. The highest BCUT2D eigenvalue weighted by molar-refractivity contribution is 9.10. The zero-order valence-corrected chi connectivity index (χ0v) is 13.5. The Labute approximate surface area is 125 Å². The third kappa shape index (κ3) is 3.45. The molecule has 0 fully saturated rings. The van der Waals surface area contributed by atoms with Crippen molar-refractivity contribution in [2.45, 2.75) is 32.9 Å². The molecular formula is C13H16BrN3OS. The molecule has 1 amide bonds. The summed E-state index contributed by atoms with van der Waals surface area (Å²) in [5, 5.41) is 2.93. The number of nitrogens with one attached hydrogen (secondary N) is 2. The predicted molar refractivity (Wildman–Crippen MR) is 82.7 cm³/mol. The van der Waals surface area contributed by atoms with Crippen LogP contribution in [0.3, 0.4) is 0 Å². The van der Waals surface area contributed by atoms with Gasteiger partial charge in [0.15, 0.2) is 4.77 Å². The van der Waals surface area contributed by atoms with Crippen molar-refractivity contribution in [2.75, 3.05) is 0 Å². The van der Waals surface area contributed by atoms with Gasteiger partial charge >= 0.3 is 0 Å². The SMILES string of the molecule is CC(C)(C)NC(=O)Cn1c(=S)[nH]c2cc(Br)ccc21. The number of fused-ring (bicyclic) bond motifs is 1. The topological polar surface area (TPSA) is 49.8 Å². The Kier molecular flexibility index (Phi) is 3.82. The van der Waals surface area contributed by atoms with E-state index >= 15 is 0 Å². The Bertz CT molecular complexity index is 681. The van der Waals surface area contributed by atoms with Crippen LogP contribution in [0.5, 0.6) is 0 Å². The van der Waals surface area contributed by atoms with Crippen LogP contribution in [-0.2, 0) is 11.3 Å². The average Bonchev–Trinajstić information content (AvgIpc) is 2.51. The maximum atomic E-state index is 12.0. The Hall–Kier alpha value is -1.14. The molecule has 1 aromatic heterocycles. The third-order valence-corrected chi connectivity index (χ3v) is 3.37. The van der Waals surface area contributed by atoms with Crippen LogP contribution < -0.4 is 5.32 Å². The molecule has 0 unspecified atom stereocenters. The van der Waals surface area contributed by atoms with Crippen LogP contribution in [0.2, 0.25) is 0 Å². The van der Waals surface area contributed by atoms with Crippen LogP contribution >= 0.6 is 28.1 Å². The summed E-state index contributed by atoms with van der Waals surface area (Å²) in [7, 11) is 0. The van der Waals surface area contributed by atoms with Crippen LogP contribution in [0.1, 0.15) is 20.8 Å². The molecule has 0 aliphatic carbocycles. The number of nitrogens with zero attached hydrogens (tertiary/aromatic N) is 1. The second-order valence-corrected chi connectivity index (χ2v) is 6.78. The van der Waals surface area contributed by atoms with Crippen molar-refractivity contribution in [2.24, 2.45) is 0 Å². The predicted octanol–water partition coefficient (Wildman–Crippen LogP) is 3.38. The quantitative estimate of drug-likeness (QED) is 0.822. The van der Waals surface area contributed by atoms with E-state index in [2.05, 4.69) is 26.2 Å². The molecule has 2 rings (SSSR count). The van der Waals surface area contributed by atoms with Gasteiger partial charge in [0, 0.05) is 10.0 Å². The minimum atomic E-state index is -0.242. The summed E-state index contributed by atoms with van der Waals surface area (Å²) >= 11 is 8.68. The molecule has 2 aromatic rings. The number of aromatic nitrogens is 2. The molecule has 6 heteroatoms. The highest BCUT2D eigenvalue weighted by Gasteiger charge is 2.15. The Morgan fingerprint density at radius 1 is 1.47 bits per heavy atom. The minimum absolute atomic E-state index is 0.0487. The third-order valence-electron chi connectivity index (χ3n) is 2.55. The molecular weight excluding hydrogens is 326 g/mol. The maximum Gasteiger partial charge on any atom is 0.240 e. The molecule has 2 N–H and O–H groups in total. The van der Waals surface area contributed by atoms with E-state index in [9.17, 15) is 4.79 Å². The van der Waals surface area contributed by atoms with Crippen LogP contribution in [-0.4, -0.2) is 21.0 Å². The van der Waals surface area contributed by atoms with Gasteiger partial charge in [-0.2, -0.15) is 0 Å². The second kappa shape index (κ2) is 5.09. The first-order valence-electron chi connectivity index (χ1n) is 5.95. The molecule has 0 saturated heterocycles. The van der Waals surface area contributed by atoms with E-state index in [1.165, 1.54) is 0 Å². The van der Waals surface area contributed by atoms with Gasteiger partial charge in [-0.1, -0.05) is 15.9 Å². The summed E-state index contributed by atoms with van der Waals surface area (Å²) in [4.78, 5) is 15.1. The van der Waals surface area contributed by atoms with E-state index in [1.807, 2.05) is 39.0 Å². The van der Waals surface area contributed by atoms with E-state index in [1.54, 1.807) is 4.57 Å². The highest BCUT2D eigenvalue weighted by Crippen LogP contribution is 2.19. The standard InChI is InChI=1S/C13H16BrN3OS/c1-13(2,3)16-11(18)7-17-10-5-4-8(14)6-9(10)15-12(17)19/h4-6H,7H2,1-3H3,(H,15,19)(H,16,18). The maximum absolute atomic E-state index is 12.0. The van der Waals surface area contributed by atoms with Gasteiger partial charge in [-0.3, -0.25) is 4.79 Å². The Morgan fingerprint density at radius 3 is 2.79 bits per heavy atom. The summed E-state index contributed by atoms with van der Waals surface area (Å²) in [6, 6.07) is 5.82. The summed E-state index contributed by atoms with van der Waals surface area (Å²) in [5.41, 5.74) is 1.61. The zero-order valence-electron chi connectivity index (χ0n) is 11.1. The number of H-pyrrole nitrogens is 1. The van der Waals surface area contributed by atoms with Gasteiger partial charge in [0.05, 0.1) is 11.0 Å². The number of carbonyl (C=O) groups excluding carboxylic acids is 1. The van der Waals surface area contributed by atoms with E-state index in [4.69, 9.17) is 12.2 Å². The number of hydrogen-bond acceptors (Lipinski definition) is 2. The van der Waals surface area contributed by atoms with Gasteiger partial charge in [0.2, 0.25) is 5.91 Å². The van der Waals surface area contributed by atoms with Crippen molar-refractivity contribution in [1.29, 1.82) is 0 Å². The monoisotopic (exact) mass is 341 g/mol. The number of halogens is 1. The van der Waals surface area contributed by atoms with Gasteiger partial charge < -0.3 is 14.9 Å². The summed E-state index contributed by atoms with van der Waals surface area (Å²) < 4.78 is 3.33. The number of imidazole rings is 1. The van der Waals surface area contributed by atoms with E-state index in [0.717, 1.165) is 15.5 Å². The number of benzene rings is 1. The number of hydrogen-bond donors (Lipinski definition) is 2. The first kappa shape index (κ1) is 14.3. The van der Waals surface area contributed by atoms with Gasteiger partial charge in [-0.05, 0) is 51.2 Å². The molecule has 0 saturated carbocycles. The van der Waals surface area contributed by atoms with Crippen molar-refractivity contribution in [3.05, 3.63) is 27.4 Å². The molecule has 0 bridgehead atoms. The van der Waals surface area contributed by atoms with Crippen molar-refractivity contribution in [1.82, 2.24) is 14.9 Å². The molecule has 1 heterocycles. The van der Waals surface area contributed by atoms with Crippen LogP contribution in [0.4, 0.5) is 0 Å². The lowest BCUT2D eigenvalue weighted by molar-refractivity contribution is -0.123. The molecule has 1 aromatic carbocycles. The largest absolute Gasteiger partial charge is 0.350 e. The van der Waals surface area contributed by atoms with E-state index in [-0.39, 0.29) is 18.0 Å². The lowest BCUT2D eigenvalue weighted by Gasteiger charge is -2.20. The number of amides is 1. The second-order valence-electron chi connectivity index (χ2n) is 5.48. The average molecular weight is 342 g/mol. The smallest absolute Gasteiger partial charge is 0.240 e. The molecule has 19 heavy (non-hydrogen) atoms. The molecule has 4 nitrogen and oxygen atoms in total. The van der Waals surface area contributed by atoms with Crippen LogP contribution in [0.25, 0.3) is 11.0 Å². The summed E-state index contributed by atoms with van der Waals surface area (Å²) in [6.45, 7) is 6.08. The molecule has 0 aliphatic rings. The Morgan fingerprint density at radius 2 is 2.16 bits per heavy atom. The lowest BCUT2D eigenvalue weighted by atomic mass is 10.1. The zero-order chi connectivity index (χ0) is 14.2. The molecule has 0 radical (unpaired) electrons. The molecule has 0 aliphatic heterocycles. The summed E-state index contributed by atoms with van der Waals surface area (Å²) in [6.07, 6.45) is 0. The molecule has 0 atom stereocenters. The van der Waals surface area contributed by atoms with Gasteiger partial charge in [0.25, 0.3) is 0 Å². The number of carbonyl (C=O) groups is 1. The van der Waals surface area contributed by atoms with Crippen LogP contribution in [0.15, 0.2) is 22.7 Å². The van der Waals surface area contributed by atoms with Crippen molar-refractivity contribution in [3.63, 3.8) is 0 Å². The van der Waals surface area contributed by atoms with Gasteiger partial charge in [0.1, 0.15) is 6.54 Å². The van der Waals surface area contributed by atoms with Crippen LogP contribution in [0, 0.1) is 4.77 Å². The lowest BCUT2D eigenvalue weighted by Crippen LogP contribution is -2.42. The van der Waals surface area contributed by atoms with E-state index < -0.39 is 0 Å². The fourth-order valence-electron chi connectivity index (χ4n) is 1.89. The van der Waals surface area contributed by atoms with E-state index in [0.29, 0.717) is 4.77 Å². The Balaban J connectivity index is 2.33. The van der Waals surface area contributed by atoms with Crippen molar-refractivity contribution < 1.29 is 4.79 Å². The van der Waals surface area contributed by atoms with Crippen molar-refractivity contribution in [3.8, 4) is 0 Å². The molecule has 102 valence electrons. The fourth-order valence-corrected chi connectivity index (χ4v) is 2.53. The van der Waals surface area contributed by atoms with Gasteiger partial charge in [-0.15, -0.1) is 0 Å². The normalized spacial score (nSPS) is 11.8. The first-order valence-corrected chi connectivity index (χ1v) is 7.15. The van der Waals surface area contributed by atoms with Gasteiger partial charge in [-0.25, -0.2) is 0 Å². The first-order chi connectivity index (χ1) is 8.76. The minimum Gasteiger partial charge on any atom is -0.350 e.